The van der Waals surface area contributed by atoms with Crippen LogP contribution in [0.4, 0.5) is 0 Å². The maximum absolute atomic E-state index is 10.9. The molecule has 0 saturated carbocycles. The zero-order valence-electron chi connectivity index (χ0n) is 10.0. The van der Waals surface area contributed by atoms with Crippen molar-refractivity contribution in [1.82, 2.24) is 0 Å². The molecule has 0 aromatic carbocycles. The van der Waals surface area contributed by atoms with E-state index in [0.717, 1.165) is 12.7 Å². The van der Waals surface area contributed by atoms with Crippen LogP contribution in [-0.4, -0.2) is 17.9 Å². The first-order valence-electron chi connectivity index (χ1n) is 5.16. The molecule has 0 N–H and O–H groups in total. The maximum atomic E-state index is 10.9. The zero-order chi connectivity index (χ0) is 11.9. The summed E-state index contributed by atoms with van der Waals surface area (Å²) in [6.07, 6.45) is 4.62. The van der Waals surface area contributed by atoms with Gasteiger partial charge in [-0.2, -0.15) is 0 Å². The van der Waals surface area contributed by atoms with Gasteiger partial charge in [0.25, 0.3) is 0 Å². The number of aldehydes is 1. The average Bonchev–Trinajstić information content (AvgIpc) is 2.01. The predicted molar refractivity (Wildman–Crippen MR) is 59.5 cm³/mol. The molecule has 3 nitrogen and oxygen atoms in total. The molecule has 1 atom stereocenters. The highest BCUT2D eigenvalue weighted by atomic mass is 16.6. The highest BCUT2D eigenvalue weighted by molar-refractivity contribution is 5.67. The van der Waals surface area contributed by atoms with Crippen LogP contribution >= 0.6 is 0 Å². The molecule has 0 aromatic heterocycles. The van der Waals surface area contributed by atoms with Gasteiger partial charge in [-0.05, 0) is 33.6 Å². The Bertz CT molecular complexity index is 252. The normalized spacial score (nSPS) is 13.9. The molecule has 0 bridgehead atoms. The Morgan fingerprint density at radius 1 is 1.33 bits per heavy atom. The number of allylic oxidation sites excluding steroid dienone is 2. The summed E-state index contributed by atoms with van der Waals surface area (Å²) in [5, 5.41) is 0. The third kappa shape index (κ3) is 6.89. The Kier molecular flexibility index (Phi) is 5.90. The summed E-state index contributed by atoms with van der Waals surface area (Å²) in [5.74, 6) is -0.337. The average molecular weight is 212 g/mol. The molecule has 1 unspecified atom stereocenters. The first-order chi connectivity index (χ1) is 6.89. The first-order valence-corrected chi connectivity index (χ1v) is 5.16. The van der Waals surface area contributed by atoms with Crippen molar-refractivity contribution in [3.8, 4) is 0 Å². The van der Waals surface area contributed by atoms with Crippen molar-refractivity contribution in [2.45, 2.75) is 52.6 Å². The molecule has 0 rings (SSSR count). The molecule has 0 heterocycles. The van der Waals surface area contributed by atoms with Crippen LogP contribution in [0.5, 0.6) is 0 Å². The largest absolute Gasteiger partial charge is 0.459 e. The second-order valence-electron chi connectivity index (χ2n) is 4.23. The van der Waals surface area contributed by atoms with Crippen molar-refractivity contribution in [3.05, 3.63) is 11.6 Å². The quantitative estimate of drug-likeness (QED) is 0.386. The van der Waals surface area contributed by atoms with Crippen molar-refractivity contribution < 1.29 is 14.3 Å². The molecular formula is C12H20O3. The second kappa shape index (κ2) is 6.38. The summed E-state index contributed by atoms with van der Waals surface area (Å²) in [6.45, 7) is 7.19. The number of hydrogen-bond acceptors (Lipinski definition) is 3. The van der Waals surface area contributed by atoms with Gasteiger partial charge in [-0.3, -0.25) is 4.79 Å². The standard InChI is InChI=1S/C12H20O3/c1-10(2)6-5-7-12(4,8-9-13)15-11(3)14/h6,9H,5,7-8H2,1-4H3. The van der Waals surface area contributed by atoms with Crippen LogP contribution in [0.25, 0.3) is 0 Å². The smallest absolute Gasteiger partial charge is 0.303 e. The van der Waals surface area contributed by atoms with E-state index in [1.54, 1.807) is 6.92 Å². The van der Waals surface area contributed by atoms with Crippen molar-refractivity contribution >= 4 is 12.3 Å². The van der Waals surface area contributed by atoms with Crippen LogP contribution < -0.4 is 0 Å². The minimum atomic E-state index is -0.653. The van der Waals surface area contributed by atoms with Gasteiger partial charge < -0.3 is 9.53 Å². The summed E-state index contributed by atoms with van der Waals surface area (Å²) in [7, 11) is 0. The molecule has 0 aliphatic carbocycles. The summed E-state index contributed by atoms with van der Waals surface area (Å²) >= 11 is 0. The summed E-state index contributed by atoms with van der Waals surface area (Å²) in [6, 6.07) is 0. The summed E-state index contributed by atoms with van der Waals surface area (Å²) in [4.78, 5) is 21.4. The Labute approximate surface area is 91.5 Å². The number of esters is 1. The van der Waals surface area contributed by atoms with Crippen LogP contribution in [-0.2, 0) is 14.3 Å². The van der Waals surface area contributed by atoms with Gasteiger partial charge in [0, 0.05) is 13.3 Å². The number of hydrogen-bond donors (Lipinski definition) is 0. The highest BCUT2D eigenvalue weighted by Gasteiger charge is 2.26. The third-order valence-corrected chi connectivity index (χ3v) is 2.13. The fraction of sp³-hybridized carbons (Fsp3) is 0.667. The summed E-state index contributed by atoms with van der Waals surface area (Å²) < 4.78 is 5.16. The van der Waals surface area contributed by atoms with Gasteiger partial charge in [0.15, 0.2) is 0 Å². The van der Waals surface area contributed by atoms with E-state index >= 15 is 0 Å². The maximum Gasteiger partial charge on any atom is 0.303 e. The van der Waals surface area contributed by atoms with Crippen LogP contribution in [0, 0.1) is 0 Å². The Hall–Kier alpha value is -1.12. The van der Waals surface area contributed by atoms with Crippen molar-refractivity contribution in [2.24, 2.45) is 0 Å². The van der Waals surface area contributed by atoms with E-state index in [2.05, 4.69) is 6.08 Å². The Morgan fingerprint density at radius 3 is 2.33 bits per heavy atom. The lowest BCUT2D eigenvalue weighted by atomic mass is 9.96. The molecule has 0 aliphatic rings. The van der Waals surface area contributed by atoms with Crippen molar-refractivity contribution in [3.63, 3.8) is 0 Å². The lowest BCUT2D eigenvalue weighted by Gasteiger charge is -2.26. The fourth-order valence-electron chi connectivity index (χ4n) is 1.38. The lowest BCUT2D eigenvalue weighted by molar-refractivity contribution is -0.156. The van der Waals surface area contributed by atoms with E-state index in [1.165, 1.54) is 12.5 Å². The van der Waals surface area contributed by atoms with Crippen LogP contribution in [0.15, 0.2) is 11.6 Å². The Balaban J connectivity index is 4.30. The van der Waals surface area contributed by atoms with E-state index in [9.17, 15) is 9.59 Å². The molecule has 0 amide bonds. The molecule has 0 saturated heterocycles. The third-order valence-electron chi connectivity index (χ3n) is 2.13. The van der Waals surface area contributed by atoms with Crippen LogP contribution in [0.1, 0.15) is 47.0 Å². The molecule has 86 valence electrons. The zero-order valence-corrected chi connectivity index (χ0v) is 10.0. The van der Waals surface area contributed by atoms with Gasteiger partial charge in [0.05, 0.1) is 0 Å². The molecule has 15 heavy (non-hydrogen) atoms. The molecule has 0 aromatic rings. The minimum Gasteiger partial charge on any atom is -0.459 e. The molecule has 3 heteroatoms. The van der Waals surface area contributed by atoms with Gasteiger partial charge in [-0.15, -0.1) is 0 Å². The molecule has 0 aliphatic heterocycles. The summed E-state index contributed by atoms with van der Waals surface area (Å²) in [5.41, 5.74) is 0.575. The second-order valence-corrected chi connectivity index (χ2v) is 4.23. The minimum absolute atomic E-state index is 0.253. The van der Waals surface area contributed by atoms with E-state index < -0.39 is 5.60 Å². The molecule has 0 radical (unpaired) electrons. The molecule has 0 fully saturated rings. The fourth-order valence-corrected chi connectivity index (χ4v) is 1.38. The number of carbonyl (C=O) groups excluding carboxylic acids is 2. The molecular weight excluding hydrogens is 192 g/mol. The van der Waals surface area contributed by atoms with Crippen LogP contribution in [0.3, 0.4) is 0 Å². The van der Waals surface area contributed by atoms with E-state index in [4.69, 9.17) is 4.74 Å². The number of ether oxygens (including phenoxy) is 1. The van der Waals surface area contributed by atoms with Gasteiger partial charge >= 0.3 is 5.97 Å². The SMILES string of the molecule is CC(=O)OC(C)(CC=O)CCC=C(C)C. The predicted octanol–water partition coefficient (Wildman–Crippen LogP) is 2.64. The monoisotopic (exact) mass is 212 g/mol. The topological polar surface area (TPSA) is 43.4 Å². The van der Waals surface area contributed by atoms with Crippen molar-refractivity contribution in [2.75, 3.05) is 0 Å². The first kappa shape index (κ1) is 13.9. The highest BCUT2D eigenvalue weighted by Crippen LogP contribution is 2.21. The van der Waals surface area contributed by atoms with Gasteiger partial charge in [0.1, 0.15) is 11.9 Å². The van der Waals surface area contributed by atoms with Gasteiger partial charge in [0.2, 0.25) is 0 Å². The number of carbonyl (C=O) groups is 2. The van der Waals surface area contributed by atoms with E-state index in [1.807, 2.05) is 13.8 Å². The van der Waals surface area contributed by atoms with Gasteiger partial charge in [-0.1, -0.05) is 11.6 Å². The van der Waals surface area contributed by atoms with Gasteiger partial charge in [-0.25, -0.2) is 0 Å². The lowest BCUT2D eigenvalue weighted by Crippen LogP contribution is -2.31. The van der Waals surface area contributed by atoms with E-state index in [0.29, 0.717) is 6.42 Å². The van der Waals surface area contributed by atoms with Crippen molar-refractivity contribution in [1.29, 1.82) is 0 Å². The Morgan fingerprint density at radius 2 is 1.93 bits per heavy atom. The van der Waals surface area contributed by atoms with E-state index in [-0.39, 0.29) is 12.4 Å². The molecule has 0 spiro atoms. The van der Waals surface area contributed by atoms with Crippen LogP contribution in [0.2, 0.25) is 0 Å². The number of rotatable bonds is 6.